The zero-order valence-electron chi connectivity index (χ0n) is 13.2. The van der Waals surface area contributed by atoms with Crippen molar-refractivity contribution in [3.63, 3.8) is 0 Å². The van der Waals surface area contributed by atoms with E-state index in [4.69, 9.17) is 16.3 Å². The quantitative estimate of drug-likeness (QED) is 0.853. The Bertz CT molecular complexity index is 645. The number of rotatable bonds is 6. The first-order valence-corrected chi connectivity index (χ1v) is 7.69. The molecule has 0 saturated heterocycles. The van der Waals surface area contributed by atoms with Crippen LogP contribution in [0, 0.1) is 0 Å². The van der Waals surface area contributed by atoms with Crippen LogP contribution in [-0.4, -0.2) is 17.6 Å². The van der Waals surface area contributed by atoms with Crippen molar-refractivity contribution in [1.82, 2.24) is 5.32 Å². The molecule has 122 valence electrons. The predicted octanol–water partition coefficient (Wildman–Crippen LogP) is 3.26. The van der Waals surface area contributed by atoms with Gasteiger partial charge in [-0.15, -0.1) is 0 Å². The van der Waals surface area contributed by atoms with Gasteiger partial charge in [-0.3, -0.25) is 4.79 Å². The highest BCUT2D eigenvalue weighted by atomic mass is 35.5. The summed E-state index contributed by atoms with van der Waals surface area (Å²) in [6.07, 6.45) is 0. The van der Waals surface area contributed by atoms with E-state index in [0.29, 0.717) is 17.3 Å². The maximum Gasteiger partial charge on any atom is 0.258 e. The predicted molar refractivity (Wildman–Crippen MR) is 90.5 cm³/mol. The highest BCUT2D eigenvalue weighted by Crippen LogP contribution is 2.22. The second-order valence-electron chi connectivity index (χ2n) is 5.78. The van der Waals surface area contributed by atoms with Crippen molar-refractivity contribution >= 4 is 17.5 Å². The maximum atomic E-state index is 11.8. The fourth-order valence-electron chi connectivity index (χ4n) is 1.96. The van der Waals surface area contributed by atoms with Gasteiger partial charge >= 0.3 is 0 Å². The van der Waals surface area contributed by atoms with E-state index in [0.717, 1.165) is 11.1 Å². The van der Waals surface area contributed by atoms with Crippen LogP contribution in [0.15, 0.2) is 48.5 Å². The number of hydrogen-bond acceptors (Lipinski definition) is 3. The van der Waals surface area contributed by atoms with Crippen LogP contribution in [0.1, 0.15) is 25.0 Å². The summed E-state index contributed by atoms with van der Waals surface area (Å²) in [7, 11) is 0. The van der Waals surface area contributed by atoms with Gasteiger partial charge in [-0.1, -0.05) is 35.9 Å². The molecule has 0 spiro atoms. The Labute approximate surface area is 141 Å². The van der Waals surface area contributed by atoms with Crippen molar-refractivity contribution in [3.8, 4) is 5.75 Å². The van der Waals surface area contributed by atoms with E-state index in [2.05, 4.69) is 5.32 Å². The van der Waals surface area contributed by atoms with E-state index in [-0.39, 0.29) is 12.5 Å². The third-order valence-corrected chi connectivity index (χ3v) is 3.59. The molecule has 1 amide bonds. The topological polar surface area (TPSA) is 58.6 Å². The van der Waals surface area contributed by atoms with Gasteiger partial charge in [0.2, 0.25) is 0 Å². The second-order valence-corrected chi connectivity index (χ2v) is 6.21. The van der Waals surface area contributed by atoms with Gasteiger partial charge in [0.25, 0.3) is 5.91 Å². The van der Waals surface area contributed by atoms with Gasteiger partial charge in [-0.2, -0.15) is 0 Å². The highest BCUT2D eigenvalue weighted by Gasteiger charge is 2.15. The summed E-state index contributed by atoms with van der Waals surface area (Å²) >= 11 is 5.81. The van der Waals surface area contributed by atoms with Gasteiger partial charge in [-0.25, -0.2) is 0 Å². The molecule has 0 aliphatic heterocycles. The van der Waals surface area contributed by atoms with Crippen molar-refractivity contribution in [2.45, 2.75) is 26.0 Å². The highest BCUT2D eigenvalue weighted by molar-refractivity contribution is 6.30. The number of carbonyl (C=O) groups excluding carboxylic acids is 1. The van der Waals surface area contributed by atoms with Crippen molar-refractivity contribution in [2.75, 3.05) is 6.61 Å². The summed E-state index contributed by atoms with van der Waals surface area (Å²) in [6.45, 7) is 3.80. The van der Waals surface area contributed by atoms with E-state index in [1.54, 1.807) is 50.2 Å². The lowest BCUT2D eigenvalue weighted by molar-refractivity contribution is -0.123. The minimum Gasteiger partial charge on any atom is -0.484 e. The molecule has 0 aliphatic carbocycles. The van der Waals surface area contributed by atoms with Gasteiger partial charge in [0.15, 0.2) is 6.61 Å². The van der Waals surface area contributed by atoms with Gasteiger partial charge in [0, 0.05) is 11.6 Å². The minimum atomic E-state index is -0.894. The van der Waals surface area contributed by atoms with Gasteiger partial charge in [-0.05, 0) is 49.2 Å². The molecule has 0 aromatic heterocycles. The number of amides is 1. The smallest absolute Gasteiger partial charge is 0.258 e. The van der Waals surface area contributed by atoms with Crippen LogP contribution in [0.5, 0.6) is 5.75 Å². The normalized spacial score (nSPS) is 11.1. The van der Waals surface area contributed by atoms with E-state index in [9.17, 15) is 9.90 Å². The van der Waals surface area contributed by atoms with E-state index >= 15 is 0 Å². The Morgan fingerprint density at radius 3 is 2.30 bits per heavy atom. The molecular formula is C18H20ClNO3. The Kier molecular flexibility index (Phi) is 5.64. The molecule has 2 aromatic carbocycles. The Morgan fingerprint density at radius 1 is 1.13 bits per heavy atom. The summed E-state index contributed by atoms with van der Waals surface area (Å²) in [5.41, 5.74) is 0.864. The largest absolute Gasteiger partial charge is 0.484 e. The lowest BCUT2D eigenvalue weighted by Gasteiger charge is -2.17. The molecule has 4 nitrogen and oxygen atoms in total. The monoisotopic (exact) mass is 333 g/mol. The Morgan fingerprint density at radius 2 is 1.74 bits per heavy atom. The van der Waals surface area contributed by atoms with Crippen LogP contribution >= 0.6 is 11.6 Å². The first kappa shape index (κ1) is 17.3. The Hall–Kier alpha value is -2.04. The molecule has 0 atom stereocenters. The number of carbonyl (C=O) groups is 1. The first-order valence-electron chi connectivity index (χ1n) is 7.31. The SMILES string of the molecule is CC(C)(O)c1ccc(OCC(=O)NCc2ccc(Cl)cc2)cc1. The van der Waals surface area contributed by atoms with Crippen molar-refractivity contribution in [3.05, 3.63) is 64.7 Å². The van der Waals surface area contributed by atoms with Crippen LogP contribution in [0.3, 0.4) is 0 Å². The molecule has 2 N–H and O–H groups in total. The summed E-state index contributed by atoms with van der Waals surface area (Å²) in [6, 6.07) is 14.3. The summed E-state index contributed by atoms with van der Waals surface area (Å²) in [5.74, 6) is 0.381. The number of nitrogens with one attached hydrogen (secondary N) is 1. The average molecular weight is 334 g/mol. The molecule has 0 unspecified atom stereocenters. The van der Waals surface area contributed by atoms with Crippen molar-refractivity contribution < 1.29 is 14.6 Å². The minimum absolute atomic E-state index is 0.0601. The van der Waals surface area contributed by atoms with Crippen LogP contribution < -0.4 is 10.1 Å². The molecule has 0 fully saturated rings. The number of benzene rings is 2. The molecule has 0 heterocycles. The number of ether oxygens (including phenoxy) is 1. The van der Waals surface area contributed by atoms with Gasteiger partial charge in [0.05, 0.1) is 5.60 Å². The average Bonchev–Trinajstić information content (AvgIpc) is 2.52. The number of hydrogen-bond donors (Lipinski definition) is 2. The molecule has 23 heavy (non-hydrogen) atoms. The molecule has 0 aliphatic rings. The zero-order valence-corrected chi connectivity index (χ0v) is 13.9. The van der Waals surface area contributed by atoms with Gasteiger partial charge in [0.1, 0.15) is 5.75 Å². The van der Waals surface area contributed by atoms with Gasteiger partial charge < -0.3 is 15.2 Å². The third kappa shape index (κ3) is 5.58. The van der Waals surface area contributed by atoms with Crippen molar-refractivity contribution in [1.29, 1.82) is 0 Å². The maximum absolute atomic E-state index is 11.8. The van der Waals surface area contributed by atoms with Crippen molar-refractivity contribution in [2.24, 2.45) is 0 Å². The Balaban J connectivity index is 1.79. The first-order chi connectivity index (χ1) is 10.8. The molecule has 2 rings (SSSR count). The molecule has 0 radical (unpaired) electrons. The molecule has 0 saturated carbocycles. The molecular weight excluding hydrogens is 314 g/mol. The molecule has 5 heteroatoms. The lowest BCUT2D eigenvalue weighted by atomic mass is 9.99. The third-order valence-electron chi connectivity index (χ3n) is 3.33. The van der Waals surface area contributed by atoms with E-state index in [1.807, 2.05) is 12.1 Å². The summed E-state index contributed by atoms with van der Waals surface area (Å²) in [5, 5.41) is 13.3. The van der Waals surface area contributed by atoms with Crippen LogP contribution in [0.2, 0.25) is 5.02 Å². The van der Waals surface area contributed by atoms with Crippen LogP contribution in [0.4, 0.5) is 0 Å². The fourth-order valence-corrected chi connectivity index (χ4v) is 2.09. The summed E-state index contributed by atoms with van der Waals surface area (Å²) in [4.78, 5) is 11.8. The lowest BCUT2D eigenvalue weighted by Crippen LogP contribution is -2.28. The second kappa shape index (κ2) is 7.49. The van der Waals surface area contributed by atoms with E-state index in [1.165, 1.54) is 0 Å². The fraction of sp³-hybridized carbons (Fsp3) is 0.278. The van der Waals surface area contributed by atoms with Crippen LogP contribution in [-0.2, 0) is 16.9 Å². The molecule has 2 aromatic rings. The zero-order chi connectivity index (χ0) is 16.9. The van der Waals surface area contributed by atoms with E-state index < -0.39 is 5.60 Å². The number of aliphatic hydroxyl groups is 1. The van der Waals surface area contributed by atoms with Crippen LogP contribution in [0.25, 0.3) is 0 Å². The summed E-state index contributed by atoms with van der Waals surface area (Å²) < 4.78 is 5.43. The standard InChI is InChI=1S/C18H20ClNO3/c1-18(2,22)14-5-9-16(10-6-14)23-12-17(21)20-11-13-3-7-15(19)8-4-13/h3-10,22H,11-12H2,1-2H3,(H,20,21). The molecule has 0 bridgehead atoms. The number of halogens is 1.